The maximum absolute atomic E-state index is 8.46. The van der Waals surface area contributed by atoms with Gasteiger partial charge >= 0.3 is 0 Å². The molecular weight excluding hydrogens is 256 g/mol. The van der Waals surface area contributed by atoms with Crippen LogP contribution >= 0.6 is 31.9 Å². The Morgan fingerprint density at radius 2 is 1.78 bits per heavy atom. The third-order valence-corrected chi connectivity index (χ3v) is 2.31. The lowest BCUT2D eigenvalue weighted by Crippen LogP contribution is -2.38. The predicted molar refractivity (Wildman–Crippen MR) is 40.5 cm³/mol. The van der Waals surface area contributed by atoms with Crippen molar-refractivity contribution in [3.05, 3.63) is 0 Å². The van der Waals surface area contributed by atoms with Crippen LogP contribution in [0, 0.1) is 0 Å². The molecule has 0 heterocycles. The van der Waals surface area contributed by atoms with Crippen LogP contribution < -0.4 is 0 Å². The van der Waals surface area contributed by atoms with Crippen molar-refractivity contribution in [2.45, 2.75) is 17.2 Å². The summed E-state index contributed by atoms with van der Waals surface area (Å²) in [6.07, 6.45) is 0.448. The second kappa shape index (κ2) is 3.88. The fraction of sp³-hybridized carbons (Fsp3) is 1.00. The lowest BCUT2D eigenvalue weighted by Gasteiger charge is -2.19. The molecule has 0 aromatic carbocycles. The molecule has 1 atom stereocenters. The van der Waals surface area contributed by atoms with E-state index in [2.05, 4.69) is 31.9 Å². The summed E-state index contributed by atoms with van der Waals surface area (Å²) in [6.45, 7) is 0. The maximum Gasteiger partial charge on any atom is 0.288 e. The monoisotopic (exact) mass is 262 g/mol. The van der Waals surface area contributed by atoms with Crippen LogP contribution in [0.5, 0.6) is 0 Å². The van der Waals surface area contributed by atoms with E-state index in [1.165, 1.54) is 0 Å². The average Bonchev–Trinajstić information content (AvgIpc) is 1.64. The second-order valence-electron chi connectivity index (χ2n) is 1.63. The second-order valence-corrected chi connectivity index (χ2v) is 3.53. The minimum Gasteiger partial charge on any atom is -0.343 e. The fourth-order valence-electron chi connectivity index (χ4n) is 0.289. The van der Waals surface area contributed by atoms with E-state index in [0.717, 1.165) is 0 Å². The molecule has 0 aliphatic heterocycles. The molecule has 5 heteroatoms. The van der Waals surface area contributed by atoms with Crippen molar-refractivity contribution in [2.24, 2.45) is 0 Å². The molecule has 0 rings (SSSR count). The van der Waals surface area contributed by atoms with Crippen molar-refractivity contribution in [1.82, 2.24) is 0 Å². The van der Waals surface area contributed by atoms with Gasteiger partial charge in [0.1, 0.15) is 0 Å². The van der Waals surface area contributed by atoms with Gasteiger partial charge in [0.25, 0.3) is 5.97 Å². The summed E-state index contributed by atoms with van der Waals surface area (Å²) in [7, 11) is 0. The summed E-state index contributed by atoms with van der Waals surface area (Å²) < 4.78 is 0. The van der Waals surface area contributed by atoms with E-state index in [0.29, 0.717) is 11.8 Å². The predicted octanol–water partition coefficient (Wildman–Crippen LogP) is 0.166. The van der Waals surface area contributed by atoms with Crippen LogP contribution in [0.3, 0.4) is 0 Å². The standard InChI is InChI=1S/C4H8Br2O3/c5-2-1-3(6)4(7,8)9/h3,7-9H,1-2H2. The Hall–Kier alpha value is 0.840. The topological polar surface area (TPSA) is 60.7 Å². The van der Waals surface area contributed by atoms with E-state index in [1.807, 2.05) is 0 Å². The fourth-order valence-corrected chi connectivity index (χ4v) is 1.59. The Morgan fingerprint density at radius 1 is 1.33 bits per heavy atom. The molecule has 3 nitrogen and oxygen atoms in total. The highest BCUT2D eigenvalue weighted by atomic mass is 79.9. The summed E-state index contributed by atoms with van der Waals surface area (Å²) in [5.41, 5.74) is 0. The molecule has 0 radical (unpaired) electrons. The zero-order valence-electron chi connectivity index (χ0n) is 4.59. The van der Waals surface area contributed by atoms with Crippen LogP contribution in [-0.2, 0) is 0 Å². The Labute approximate surface area is 70.0 Å². The van der Waals surface area contributed by atoms with Gasteiger partial charge in [-0.05, 0) is 6.42 Å². The molecule has 0 saturated heterocycles. The van der Waals surface area contributed by atoms with Gasteiger partial charge in [0.05, 0.1) is 4.83 Å². The summed E-state index contributed by atoms with van der Waals surface area (Å²) in [4.78, 5) is -0.704. The maximum atomic E-state index is 8.46. The van der Waals surface area contributed by atoms with Gasteiger partial charge in [-0.2, -0.15) is 0 Å². The average molecular weight is 264 g/mol. The Bertz CT molecular complexity index is 80.4. The van der Waals surface area contributed by atoms with Crippen molar-refractivity contribution in [1.29, 1.82) is 0 Å². The van der Waals surface area contributed by atoms with Crippen molar-refractivity contribution >= 4 is 31.9 Å². The highest BCUT2D eigenvalue weighted by Crippen LogP contribution is 2.16. The van der Waals surface area contributed by atoms with Crippen molar-refractivity contribution in [2.75, 3.05) is 5.33 Å². The van der Waals surface area contributed by atoms with E-state index in [9.17, 15) is 0 Å². The van der Waals surface area contributed by atoms with Gasteiger partial charge in [0, 0.05) is 5.33 Å². The highest BCUT2D eigenvalue weighted by molar-refractivity contribution is 9.10. The van der Waals surface area contributed by atoms with E-state index in [1.54, 1.807) is 0 Å². The minimum absolute atomic E-state index is 0.448. The van der Waals surface area contributed by atoms with Crippen molar-refractivity contribution < 1.29 is 15.3 Å². The third kappa shape index (κ3) is 4.27. The smallest absolute Gasteiger partial charge is 0.288 e. The first-order valence-corrected chi connectivity index (χ1v) is 4.39. The summed E-state index contributed by atoms with van der Waals surface area (Å²) in [5.74, 6) is -2.60. The molecule has 0 bridgehead atoms. The first-order valence-electron chi connectivity index (χ1n) is 2.35. The SMILES string of the molecule is OC(O)(O)C(Br)CCBr. The molecule has 0 aromatic rings. The molecular formula is C4H8Br2O3. The van der Waals surface area contributed by atoms with E-state index < -0.39 is 10.8 Å². The molecule has 0 aliphatic rings. The molecule has 0 aliphatic carbocycles. The van der Waals surface area contributed by atoms with E-state index >= 15 is 0 Å². The number of aliphatic hydroxyl groups is 3. The van der Waals surface area contributed by atoms with Crippen molar-refractivity contribution in [3.63, 3.8) is 0 Å². The van der Waals surface area contributed by atoms with Gasteiger partial charge in [0.2, 0.25) is 0 Å². The molecule has 0 saturated carbocycles. The molecule has 3 N–H and O–H groups in total. The summed E-state index contributed by atoms with van der Waals surface area (Å²) in [6, 6.07) is 0. The zero-order chi connectivity index (χ0) is 7.49. The van der Waals surface area contributed by atoms with E-state index in [4.69, 9.17) is 15.3 Å². The van der Waals surface area contributed by atoms with Gasteiger partial charge in [-0.15, -0.1) is 0 Å². The van der Waals surface area contributed by atoms with Gasteiger partial charge in [0.15, 0.2) is 0 Å². The first kappa shape index (κ1) is 9.84. The normalized spacial score (nSPS) is 15.7. The van der Waals surface area contributed by atoms with Gasteiger partial charge in [-0.3, -0.25) is 0 Å². The number of halogens is 2. The van der Waals surface area contributed by atoms with Crippen LogP contribution in [0.4, 0.5) is 0 Å². The molecule has 0 spiro atoms. The van der Waals surface area contributed by atoms with Crippen molar-refractivity contribution in [3.8, 4) is 0 Å². The molecule has 9 heavy (non-hydrogen) atoms. The lowest BCUT2D eigenvalue weighted by atomic mass is 10.3. The minimum atomic E-state index is -2.60. The van der Waals surface area contributed by atoms with Crippen LogP contribution in [0.1, 0.15) is 6.42 Å². The Morgan fingerprint density at radius 3 is 1.89 bits per heavy atom. The van der Waals surface area contributed by atoms with Crippen LogP contribution in [-0.4, -0.2) is 31.5 Å². The number of hydrogen-bond acceptors (Lipinski definition) is 3. The van der Waals surface area contributed by atoms with Gasteiger partial charge in [-0.1, -0.05) is 31.9 Å². The Kier molecular flexibility index (Phi) is 4.24. The van der Waals surface area contributed by atoms with Gasteiger partial charge in [-0.25, -0.2) is 0 Å². The highest BCUT2D eigenvalue weighted by Gasteiger charge is 2.28. The number of hydrogen-bond donors (Lipinski definition) is 3. The quantitative estimate of drug-likeness (QED) is 0.503. The largest absolute Gasteiger partial charge is 0.343 e. The number of rotatable bonds is 3. The van der Waals surface area contributed by atoms with E-state index in [-0.39, 0.29) is 0 Å². The molecule has 1 unspecified atom stereocenters. The first-order chi connectivity index (χ1) is 3.98. The molecule has 0 fully saturated rings. The van der Waals surface area contributed by atoms with Crippen LogP contribution in [0.2, 0.25) is 0 Å². The lowest BCUT2D eigenvalue weighted by molar-refractivity contribution is -0.308. The third-order valence-electron chi connectivity index (χ3n) is 0.783. The molecule has 56 valence electrons. The number of alkyl halides is 2. The molecule has 0 amide bonds. The Balaban J connectivity index is 3.59. The summed E-state index contributed by atoms with van der Waals surface area (Å²) >= 11 is 5.96. The molecule has 0 aromatic heterocycles. The van der Waals surface area contributed by atoms with Crippen LogP contribution in [0.15, 0.2) is 0 Å². The summed E-state index contributed by atoms with van der Waals surface area (Å²) in [5, 5.41) is 26.0. The van der Waals surface area contributed by atoms with Gasteiger partial charge < -0.3 is 15.3 Å². The zero-order valence-corrected chi connectivity index (χ0v) is 7.76. The van der Waals surface area contributed by atoms with Crippen LogP contribution in [0.25, 0.3) is 0 Å².